The normalized spacial score (nSPS) is 16.6. The molecule has 2 heterocycles. The summed E-state index contributed by atoms with van der Waals surface area (Å²) in [6.45, 7) is 2.19. The van der Waals surface area contributed by atoms with Crippen LogP contribution in [-0.4, -0.2) is 48.3 Å². The molecule has 1 aromatic heterocycles. The first kappa shape index (κ1) is 12.0. The summed E-state index contributed by atoms with van der Waals surface area (Å²) in [5.74, 6) is -0.0725. The number of pyridine rings is 1. The van der Waals surface area contributed by atoms with Crippen LogP contribution < -0.4 is 0 Å². The number of sulfone groups is 1. The SMILES string of the molecule is CCS(=O)(=O)C1CN(C(=O)c2ccccn2)C1. The maximum Gasteiger partial charge on any atom is 0.272 e. The first-order chi connectivity index (χ1) is 8.04. The molecule has 1 amide bonds. The third kappa shape index (κ3) is 2.31. The average molecular weight is 254 g/mol. The molecule has 5 nitrogen and oxygen atoms in total. The van der Waals surface area contributed by atoms with E-state index in [0.29, 0.717) is 5.69 Å². The van der Waals surface area contributed by atoms with Crippen LogP contribution >= 0.6 is 0 Å². The molecule has 0 saturated carbocycles. The van der Waals surface area contributed by atoms with Crippen LogP contribution in [0.5, 0.6) is 0 Å². The third-order valence-corrected chi connectivity index (χ3v) is 5.05. The van der Waals surface area contributed by atoms with Crippen LogP contribution in [-0.2, 0) is 9.84 Å². The van der Waals surface area contributed by atoms with Crippen molar-refractivity contribution in [3.8, 4) is 0 Å². The van der Waals surface area contributed by atoms with Crippen LogP contribution in [0.4, 0.5) is 0 Å². The van der Waals surface area contributed by atoms with E-state index in [1.54, 1.807) is 31.3 Å². The Hall–Kier alpha value is -1.43. The Labute approximate surface area is 100 Å². The van der Waals surface area contributed by atoms with Gasteiger partial charge in [-0.3, -0.25) is 9.78 Å². The van der Waals surface area contributed by atoms with Crippen LogP contribution in [0.3, 0.4) is 0 Å². The van der Waals surface area contributed by atoms with Crippen molar-refractivity contribution in [3.05, 3.63) is 30.1 Å². The summed E-state index contributed by atoms with van der Waals surface area (Å²) in [5.41, 5.74) is 0.361. The van der Waals surface area contributed by atoms with Crippen LogP contribution in [0.15, 0.2) is 24.4 Å². The lowest BCUT2D eigenvalue weighted by Crippen LogP contribution is -2.57. The van der Waals surface area contributed by atoms with Crippen LogP contribution in [0, 0.1) is 0 Å². The molecule has 17 heavy (non-hydrogen) atoms. The highest BCUT2D eigenvalue weighted by Crippen LogP contribution is 2.18. The van der Waals surface area contributed by atoms with Crippen molar-refractivity contribution in [2.75, 3.05) is 18.8 Å². The minimum absolute atomic E-state index is 0.128. The summed E-state index contributed by atoms with van der Waals surface area (Å²) < 4.78 is 23.1. The van der Waals surface area contributed by atoms with E-state index in [-0.39, 0.29) is 24.7 Å². The average Bonchev–Trinajstić information content (AvgIpc) is 2.28. The quantitative estimate of drug-likeness (QED) is 0.780. The molecule has 1 saturated heterocycles. The van der Waals surface area contributed by atoms with E-state index in [4.69, 9.17) is 0 Å². The molecular formula is C11H14N2O3S. The van der Waals surface area contributed by atoms with Gasteiger partial charge in [0.1, 0.15) is 5.69 Å². The van der Waals surface area contributed by atoms with E-state index in [2.05, 4.69) is 4.98 Å². The lowest BCUT2D eigenvalue weighted by atomic mass is 10.2. The zero-order valence-electron chi connectivity index (χ0n) is 9.54. The van der Waals surface area contributed by atoms with Gasteiger partial charge in [-0.15, -0.1) is 0 Å². The number of carbonyl (C=O) groups is 1. The molecule has 0 unspecified atom stereocenters. The number of rotatable bonds is 3. The fourth-order valence-corrected chi connectivity index (χ4v) is 3.00. The molecule has 0 spiro atoms. The van der Waals surface area contributed by atoms with E-state index in [0.717, 1.165) is 0 Å². The Kier molecular flexibility index (Phi) is 3.15. The molecule has 1 aromatic rings. The summed E-state index contributed by atoms with van der Waals surface area (Å²) >= 11 is 0. The Balaban J connectivity index is 2.00. The summed E-state index contributed by atoms with van der Waals surface area (Å²) in [6, 6.07) is 5.10. The number of hydrogen-bond acceptors (Lipinski definition) is 4. The van der Waals surface area contributed by atoms with Gasteiger partial charge in [0, 0.05) is 25.0 Å². The highest BCUT2D eigenvalue weighted by Gasteiger charge is 2.39. The molecule has 0 atom stereocenters. The number of aromatic nitrogens is 1. The van der Waals surface area contributed by atoms with E-state index in [1.807, 2.05) is 0 Å². The molecule has 2 rings (SSSR count). The Morgan fingerprint density at radius 3 is 2.71 bits per heavy atom. The van der Waals surface area contributed by atoms with Crippen molar-refractivity contribution in [1.82, 2.24) is 9.88 Å². The first-order valence-electron chi connectivity index (χ1n) is 5.46. The van der Waals surface area contributed by atoms with Crippen molar-refractivity contribution >= 4 is 15.7 Å². The monoisotopic (exact) mass is 254 g/mol. The second-order valence-electron chi connectivity index (χ2n) is 4.00. The molecule has 92 valence electrons. The molecule has 6 heteroatoms. The van der Waals surface area contributed by atoms with Gasteiger partial charge in [0.15, 0.2) is 9.84 Å². The predicted octanol–water partition coefficient (Wildman–Crippen LogP) is 0.341. The van der Waals surface area contributed by atoms with Gasteiger partial charge in [-0.05, 0) is 12.1 Å². The van der Waals surface area contributed by atoms with Crippen molar-refractivity contribution in [3.63, 3.8) is 0 Å². The fourth-order valence-electron chi connectivity index (χ4n) is 1.72. The van der Waals surface area contributed by atoms with Crippen molar-refractivity contribution in [2.45, 2.75) is 12.2 Å². The summed E-state index contributed by atoms with van der Waals surface area (Å²) in [4.78, 5) is 17.3. The van der Waals surface area contributed by atoms with E-state index in [9.17, 15) is 13.2 Å². The lowest BCUT2D eigenvalue weighted by molar-refractivity contribution is 0.0653. The number of carbonyl (C=O) groups excluding carboxylic acids is 1. The first-order valence-corrected chi connectivity index (χ1v) is 7.18. The standard InChI is InChI=1S/C11H14N2O3S/c1-2-17(15,16)9-7-13(8-9)11(14)10-5-3-4-6-12-10/h3-6,9H,2,7-8H2,1H3. The van der Waals surface area contributed by atoms with Crippen molar-refractivity contribution in [2.24, 2.45) is 0 Å². The topological polar surface area (TPSA) is 67.3 Å². The van der Waals surface area contributed by atoms with Gasteiger partial charge in [-0.2, -0.15) is 0 Å². The second kappa shape index (κ2) is 4.44. The molecule has 0 aliphatic carbocycles. The lowest BCUT2D eigenvalue weighted by Gasteiger charge is -2.38. The summed E-state index contributed by atoms with van der Waals surface area (Å²) in [6.07, 6.45) is 1.55. The molecule has 1 fully saturated rings. The predicted molar refractivity (Wildman–Crippen MR) is 63.4 cm³/mol. The van der Waals surface area contributed by atoms with Gasteiger partial charge in [-0.1, -0.05) is 13.0 Å². The third-order valence-electron chi connectivity index (χ3n) is 2.93. The minimum Gasteiger partial charge on any atom is -0.335 e. The van der Waals surface area contributed by atoms with Gasteiger partial charge in [0.2, 0.25) is 0 Å². The van der Waals surface area contributed by atoms with E-state index < -0.39 is 15.1 Å². The molecule has 1 aliphatic heterocycles. The van der Waals surface area contributed by atoms with Crippen LogP contribution in [0.1, 0.15) is 17.4 Å². The smallest absolute Gasteiger partial charge is 0.272 e. The Morgan fingerprint density at radius 1 is 1.47 bits per heavy atom. The molecule has 0 N–H and O–H groups in total. The maximum absolute atomic E-state index is 11.9. The molecular weight excluding hydrogens is 240 g/mol. The number of likely N-dealkylation sites (tertiary alicyclic amines) is 1. The Bertz CT molecular complexity index is 507. The molecule has 0 bridgehead atoms. The highest BCUT2D eigenvalue weighted by molar-refractivity contribution is 7.92. The largest absolute Gasteiger partial charge is 0.335 e. The fraction of sp³-hybridized carbons (Fsp3) is 0.455. The van der Waals surface area contributed by atoms with Gasteiger partial charge >= 0.3 is 0 Å². The van der Waals surface area contributed by atoms with Gasteiger partial charge in [0.25, 0.3) is 5.91 Å². The van der Waals surface area contributed by atoms with Crippen molar-refractivity contribution < 1.29 is 13.2 Å². The number of amides is 1. The van der Waals surface area contributed by atoms with Gasteiger partial charge < -0.3 is 4.90 Å². The van der Waals surface area contributed by atoms with Crippen LogP contribution in [0.2, 0.25) is 0 Å². The molecule has 0 aromatic carbocycles. The van der Waals surface area contributed by atoms with Crippen LogP contribution in [0.25, 0.3) is 0 Å². The van der Waals surface area contributed by atoms with Gasteiger partial charge in [0.05, 0.1) is 5.25 Å². The molecule has 0 radical (unpaired) electrons. The second-order valence-corrected chi connectivity index (χ2v) is 6.57. The minimum atomic E-state index is -3.02. The van der Waals surface area contributed by atoms with E-state index >= 15 is 0 Å². The highest BCUT2D eigenvalue weighted by atomic mass is 32.2. The Morgan fingerprint density at radius 2 is 2.18 bits per heavy atom. The summed E-state index contributed by atoms with van der Waals surface area (Å²) in [7, 11) is -3.02. The summed E-state index contributed by atoms with van der Waals surface area (Å²) in [5, 5.41) is -0.403. The number of hydrogen-bond donors (Lipinski definition) is 0. The number of nitrogens with zero attached hydrogens (tertiary/aromatic N) is 2. The maximum atomic E-state index is 11.9. The zero-order chi connectivity index (χ0) is 12.5. The molecule has 1 aliphatic rings. The zero-order valence-corrected chi connectivity index (χ0v) is 10.4. The van der Waals surface area contributed by atoms with Gasteiger partial charge in [-0.25, -0.2) is 8.42 Å². The van der Waals surface area contributed by atoms with E-state index in [1.165, 1.54) is 4.90 Å². The van der Waals surface area contributed by atoms with Crippen molar-refractivity contribution in [1.29, 1.82) is 0 Å².